The standard InChI is InChI=1S/C14H24O6/c15-7-13-8-19-14(20-13,12(18)10(16)11(13)17)9-5-3-1-2-4-6-9/h9-12,15-18H,1-8H2/t10-,11-,12+,13-,14-/m0/s1. The van der Waals surface area contributed by atoms with Crippen LogP contribution in [-0.2, 0) is 9.47 Å². The smallest absolute Gasteiger partial charge is 0.201 e. The van der Waals surface area contributed by atoms with Crippen molar-refractivity contribution >= 4 is 0 Å². The lowest BCUT2D eigenvalue weighted by molar-refractivity contribution is -0.341. The summed E-state index contributed by atoms with van der Waals surface area (Å²) in [5, 5.41) is 40.1. The summed E-state index contributed by atoms with van der Waals surface area (Å²) >= 11 is 0. The number of aliphatic hydroxyl groups is 4. The lowest BCUT2D eigenvalue weighted by atomic mass is 9.79. The number of ether oxygens (including phenoxy) is 2. The van der Waals surface area contributed by atoms with Gasteiger partial charge in [0.25, 0.3) is 0 Å². The fraction of sp³-hybridized carbons (Fsp3) is 1.00. The molecule has 0 unspecified atom stereocenters. The van der Waals surface area contributed by atoms with Crippen molar-refractivity contribution in [2.45, 2.75) is 68.2 Å². The van der Waals surface area contributed by atoms with Gasteiger partial charge >= 0.3 is 0 Å². The van der Waals surface area contributed by atoms with Gasteiger partial charge in [-0.1, -0.05) is 25.7 Å². The van der Waals surface area contributed by atoms with E-state index in [0.717, 1.165) is 38.5 Å². The van der Waals surface area contributed by atoms with Gasteiger partial charge in [0.15, 0.2) is 0 Å². The average molecular weight is 288 g/mol. The van der Waals surface area contributed by atoms with Crippen molar-refractivity contribution in [3.05, 3.63) is 0 Å². The van der Waals surface area contributed by atoms with Gasteiger partial charge in [0.05, 0.1) is 13.2 Å². The van der Waals surface area contributed by atoms with Crippen molar-refractivity contribution < 1.29 is 29.9 Å². The molecule has 0 spiro atoms. The highest BCUT2D eigenvalue weighted by Gasteiger charge is 2.68. The molecule has 0 amide bonds. The summed E-state index contributed by atoms with van der Waals surface area (Å²) < 4.78 is 11.6. The van der Waals surface area contributed by atoms with Gasteiger partial charge in [-0.25, -0.2) is 0 Å². The average Bonchev–Trinajstić information content (AvgIpc) is 2.63. The molecular weight excluding hydrogens is 264 g/mol. The summed E-state index contributed by atoms with van der Waals surface area (Å²) in [5.74, 6) is -1.30. The molecule has 116 valence electrons. The maximum atomic E-state index is 10.4. The first-order chi connectivity index (χ1) is 9.56. The SMILES string of the molecule is OC[C@@]12CO[C@@](C3CCCCCC3)(O1)[C@H](O)[C@@H](O)[C@@H]2O. The van der Waals surface area contributed by atoms with E-state index in [1.165, 1.54) is 0 Å². The fourth-order valence-corrected chi connectivity index (χ4v) is 3.92. The molecule has 3 fully saturated rings. The van der Waals surface area contributed by atoms with Crippen molar-refractivity contribution in [1.29, 1.82) is 0 Å². The molecule has 3 aliphatic rings. The monoisotopic (exact) mass is 288 g/mol. The maximum absolute atomic E-state index is 10.4. The highest BCUT2D eigenvalue weighted by molar-refractivity contribution is 5.11. The van der Waals surface area contributed by atoms with Gasteiger partial charge in [-0.3, -0.25) is 0 Å². The molecule has 2 saturated heterocycles. The largest absolute Gasteiger partial charge is 0.393 e. The Bertz CT molecular complexity index is 356. The molecule has 0 aromatic heterocycles. The van der Waals surface area contributed by atoms with Crippen molar-refractivity contribution in [3.63, 3.8) is 0 Å². The zero-order valence-electron chi connectivity index (χ0n) is 11.6. The summed E-state index contributed by atoms with van der Waals surface area (Å²) in [7, 11) is 0. The Kier molecular flexibility index (Phi) is 3.81. The van der Waals surface area contributed by atoms with Crippen LogP contribution in [0.15, 0.2) is 0 Å². The van der Waals surface area contributed by atoms with E-state index in [1.54, 1.807) is 0 Å². The van der Waals surface area contributed by atoms with Crippen LogP contribution in [0.25, 0.3) is 0 Å². The Balaban J connectivity index is 1.91. The van der Waals surface area contributed by atoms with Gasteiger partial charge < -0.3 is 29.9 Å². The minimum atomic E-state index is -1.36. The van der Waals surface area contributed by atoms with E-state index >= 15 is 0 Å². The number of hydrogen-bond donors (Lipinski definition) is 4. The summed E-state index contributed by atoms with van der Waals surface area (Å²) in [6.07, 6.45) is 2.11. The van der Waals surface area contributed by atoms with Crippen LogP contribution >= 0.6 is 0 Å². The lowest BCUT2D eigenvalue weighted by Gasteiger charge is -2.48. The van der Waals surface area contributed by atoms with Crippen LogP contribution in [-0.4, -0.2) is 63.3 Å². The quantitative estimate of drug-likeness (QED) is 0.513. The predicted octanol–water partition coefficient (Wildman–Crippen LogP) is -0.473. The molecule has 0 aromatic carbocycles. The van der Waals surface area contributed by atoms with E-state index < -0.39 is 36.3 Å². The highest BCUT2D eigenvalue weighted by atomic mass is 16.8. The van der Waals surface area contributed by atoms with Gasteiger partial charge in [-0.15, -0.1) is 0 Å². The van der Waals surface area contributed by atoms with Crippen LogP contribution in [0.5, 0.6) is 0 Å². The minimum Gasteiger partial charge on any atom is -0.393 e. The number of hydrogen-bond acceptors (Lipinski definition) is 6. The number of rotatable bonds is 2. The van der Waals surface area contributed by atoms with Gasteiger partial charge in [-0.2, -0.15) is 0 Å². The van der Waals surface area contributed by atoms with Gasteiger partial charge in [-0.05, 0) is 12.8 Å². The van der Waals surface area contributed by atoms with Gasteiger partial charge in [0, 0.05) is 5.92 Å². The van der Waals surface area contributed by atoms with Crippen molar-refractivity contribution in [2.24, 2.45) is 5.92 Å². The summed E-state index contributed by atoms with van der Waals surface area (Å²) in [6.45, 7) is -0.443. The summed E-state index contributed by atoms with van der Waals surface area (Å²) in [4.78, 5) is 0. The zero-order valence-corrected chi connectivity index (χ0v) is 11.6. The Hall–Kier alpha value is -0.240. The molecule has 0 aromatic rings. The van der Waals surface area contributed by atoms with Crippen molar-refractivity contribution in [1.82, 2.24) is 0 Å². The fourth-order valence-electron chi connectivity index (χ4n) is 3.92. The Morgan fingerprint density at radius 1 is 0.950 bits per heavy atom. The molecule has 3 rings (SSSR count). The highest BCUT2D eigenvalue weighted by Crippen LogP contribution is 2.50. The minimum absolute atomic E-state index is 0.00468. The number of fused-ring (bicyclic) bond motifs is 2. The second kappa shape index (κ2) is 5.19. The molecule has 1 saturated carbocycles. The zero-order chi connectivity index (χ0) is 14.4. The van der Waals surface area contributed by atoms with Gasteiger partial charge in [0.1, 0.15) is 23.9 Å². The first kappa shape index (κ1) is 14.7. The molecule has 4 N–H and O–H groups in total. The molecule has 2 bridgehead atoms. The molecule has 1 aliphatic carbocycles. The Morgan fingerprint density at radius 2 is 1.60 bits per heavy atom. The Labute approximate surface area is 118 Å². The summed E-state index contributed by atoms with van der Waals surface area (Å²) in [6, 6.07) is 0. The first-order valence-electron chi connectivity index (χ1n) is 7.55. The van der Waals surface area contributed by atoms with Crippen LogP contribution < -0.4 is 0 Å². The third-order valence-electron chi connectivity index (χ3n) is 5.19. The van der Waals surface area contributed by atoms with Gasteiger partial charge in [0.2, 0.25) is 5.79 Å². The van der Waals surface area contributed by atoms with E-state index in [9.17, 15) is 20.4 Å². The molecule has 20 heavy (non-hydrogen) atoms. The van der Waals surface area contributed by atoms with Crippen LogP contribution in [0.4, 0.5) is 0 Å². The maximum Gasteiger partial charge on any atom is 0.201 e. The lowest BCUT2D eigenvalue weighted by Crippen LogP contribution is -2.68. The van der Waals surface area contributed by atoms with Crippen LogP contribution in [0, 0.1) is 5.92 Å². The predicted molar refractivity (Wildman–Crippen MR) is 68.8 cm³/mol. The van der Waals surface area contributed by atoms with E-state index in [1.807, 2.05) is 0 Å². The topological polar surface area (TPSA) is 99.4 Å². The van der Waals surface area contributed by atoms with Crippen molar-refractivity contribution in [2.75, 3.05) is 13.2 Å². The molecule has 6 nitrogen and oxygen atoms in total. The second-order valence-electron chi connectivity index (χ2n) is 6.40. The molecule has 2 heterocycles. The van der Waals surface area contributed by atoms with E-state index in [0.29, 0.717) is 0 Å². The van der Waals surface area contributed by atoms with Crippen LogP contribution in [0.3, 0.4) is 0 Å². The normalized spacial score (nSPS) is 50.1. The molecule has 5 atom stereocenters. The van der Waals surface area contributed by atoms with E-state index in [-0.39, 0.29) is 12.5 Å². The number of aliphatic hydroxyl groups excluding tert-OH is 4. The van der Waals surface area contributed by atoms with E-state index in [2.05, 4.69) is 0 Å². The second-order valence-corrected chi connectivity index (χ2v) is 6.40. The molecule has 0 radical (unpaired) electrons. The Morgan fingerprint density at radius 3 is 2.20 bits per heavy atom. The third kappa shape index (κ3) is 1.94. The molecular formula is C14H24O6. The van der Waals surface area contributed by atoms with Crippen molar-refractivity contribution in [3.8, 4) is 0 Å². The van der Waals surface area contributed by atoms with Crippen LogP contribution in [0.2, 0.25) is 0 Å². The summed E-state index contributed by atoms with van der Waals surface area (Å²) in [5.41, 5.74) is -1.31. The van der Waals surface area contributed by atoms with E-state index in [4.69, 9.17) is 9.47 Å². The third-order valence-corrected chi connectivity index (χ3v) is 5.19. The first-order valence-corrected chi connectivity index (χ1v) is 7.55. The van der Waals surface area contributed by atoms with Crippen LogP contribution in [0.1, 0.15) is 38.5 Å². The molecule has 6 heteroatoms. The molecule has 2 aliphatic heterocycles.